The zero-order valence-corrected chi connectivity index (χ0v) is 43.4. The molecule has 4 aliphatic heterocycles. The first-order chi connectivity index (χ1) is 35.0. The number of aromatic nitrogens is 2. The minimum absolute atomic E-state index is 0.00456. The molecule has 0 radical (unpaired) electrons. The number of cyclic esters (lactones) is 1. The van der Waals surface area contributed by atoms with E-state index in [4.69, 9.17) is 19.2 Å². The highest BCUT2D eigenvalue weighted by Crippen LogP contribution is 2.41. The van der Waals surface area contributed by atoms with E-state index in [1.165, 1.54) is 25.3 Å². The molecular weight excluding hydrogens is 960 g/mol. The van der Waals surface area contributed by atoms with Crippen LogP contribution in [0.1, 0.15) is 128 Å². The van der Waals surface area contributed by atoms with Crippen molar-refractivity contribution < 1.29 is 57.3 Å². The first-order valence-corrected chi connectivity index (χ1v) is 25.4. The van der Waals surface area contributed by atoms with E-state index < -0.39 is 58.2 Å². The Bertz CT molecular complexity index is 2780. The smallest absolute Gasteiger partial charge is 0.343 e. The Hall–Kier alpha value is -6.58. The maximum Gasteiger partial charge on any atom is 0.343 e. The summed E-state index contributed by atoms with van der Waals surface area (Å²) in [5, 5.41) is 23.6. The summed E-state index contributed by atoms with van der Waals surface area (Å²) in [5.41, 5.74) is -0.184. The van der Waals surface area contributed by atoms with Crippen molar-refractivity contribution >= 4 is 52.3 Å². The quantitative estimate of drug-likeness (QED) is 0.0431. The van der Waals surface area contributed by atoms with Crippen LogP contribution in [-0.4, -0.2) is 129 Å². The average Bonchev–Trinajstić information content (AvgIpc) is 3.87. The summed E-state index contributed by atoms with van der Waals surface area (Å²) in [4.78, 5) is 112. The van der Waals surface area contributed by atoms with Crippen LogP contribution in [0.4, 0.5) is 4.39 Å². The van der Waals surface area contributed by atoms with Crippen LogP contribution in [0.25, 0.3) is 22.3 Å². The van der Waals surface area contributed by atoms with Crippen LogP contribution in [0.5, 0.6) is 5.75 Å². The lowest BCUT2D eigenvalue weighted by molar-refractivity contribution is -0.172. The number of methoxy groups -OCH3 is 1. The van der Waals surface area contributed by atoms with Crippen LogP contribution < -0.4 is 31.6 Å². The molecule has 5 N–H and O–H groups in total. The standard InChI is InChI=1S/C53H69FN8O12/c1-8-53(71)36-26-40-47-34(29-62(40)49(69)35(36)30-73-50(53)70)33(32-25-41(72-7)37(54)27-39(32)58-47)28-60-22-17-31(18-23-60)56-42(63)11-9-20-55-48(68)38(57-43(64)12-10-21-61-45(66)15-16-46(61)67)13-14-44(65)59-52(5,6)19-24-74-51(2,3)4/h15-16,25-27,31,38,71H,8-14,17-24,28-30H2,1-7H3,(H,55,68)(H,56,63)(H,57,64)(H,59,65)/t38-,53-/m0/s1. The number of aliphatic hydroxyl groups is 1. The molecule has 1 fully saturated rings. The number of rotatable bonds is 22. The minimum Gasteiger partial charge on any atom is -0.494 e. The maximum absolute atomic E-state index is 15.2. The molecule has 4 aliphatic rings. The van der Waals surface area contributed by atoms with Crippen molar-refractivity contribution in [3.05, 3.63) is 68.8 Å². The van der Waals surface area contributed by atoms with E-state index in [-0.39, 0.29) is 105 Å². The van der Waals surface area contributed by atoms with Gasteiger partial charge in [-0.1, -0.05) is 6.92 Å². The largest absolute Gasteiger partial charge is 0.494 e. The second-order valence-electron chi connectivity index (χ2n) is 21.1. The van der Waals surface area contributed by atoms with Gasteiger partial charge in [-0.15, -0.1) is 0 Å². The number of hydrogen-bond acceptors (Lipinski definition) is 14. The van der Waals surface area contributed by atoms with E-state index in [0.717, 1.165) is 16.0 Å². The third kappa shape index (κ3) is 12.8. The number of esters is 1. The molecule has 0 unspecified atom stereocenters. The van der Waals surface area contributed by atoms with Gasteiger partial charge < -0.3 is 45.2 Å². The van der Waals surface area contributed by atoms with Crippen molar-refractivity contribution in [3.63, 3.8) is 0 Å². The fraction of sp³-hybridized carbons (Fsp3) is 0.566. The Morgan fingerprint density at radius 1 is 0.946 bits per heavy atom. The number of fused-ring (bicyclic) bond motifs is 5. The lowest BCUT2D eigenvalue weighted by atomic mass is 9.86. The number of carbonyl (C=O) groups excluding carboxylic acids is 7. The van der Waals surface area contributed by atoms with Crippen LogP contribution in [0.2, 0.25) is 0 Å². The summed E-state index contributed by atoms with van der Waals surface area (Å²) < 4.78 is 33.2. The summed E-state index contributed by atoms with van der Waals surface area (Å²) in [6.07, 6.45) is 4.57. The molecule has 21 heteroatoms. The van der Waals surface area contributed by atoms with Crippen molar-refractivity contribution in [2.24, 2.45) is 0 Å². The van der Waals surface area contributed by atoms with Crippen molar-refractivity contribution in [2.45, 2.75) is 154 Å². The van der Waals surface area contributed by atoms with Gasteiger partial charge in [-0.25, -0.2) is 14.2 Å². The number of halogens is 1. The molecule has 74 heavy (non-hydrogen) atoms. The van der Waals surface area contributed by atoms with Crippen LogP contribution in [0.15, 0.2) is 35.1 Å². The normalized spacial score (nSPS) is 18.2. The van der Waals surface area contributed by atoms with Crippen molar-refractivity contribution in [1.29, 1.82) is 0 Å². The Kier molecular flexibility index (Phi) is 17.1. The molecule has 1 aromatic carbocycles. The third-order valence-electron chi connectivity index (χ3n) is 14.0. The molecule has 2 aromatic heterocycles. The fourth-order valence-electron chi connectivity index (χ4n) is 9.82. The van der Waals surface area contributed by atoms with E-state index in [9.17, 15) is 43.5 Å². The lowest BCUT2D eigenvalue weighted by Crippen LogP contribution is -2.49. The molecule has 2 atom stereocenters. The number of piperidine rings is 1. The number of carbonyl (C=O) groups is 7. The highest BCUT2D eigenvalue weighted by atomic mass is 19.1. The summed E-state index contributed by atoms with van der Waals surface area (Å²) in [7, 11) is 1.38. The van der Waals surface area contributed by atoms with Gasteiger partial charge >= 0.3 is 5.97 Å². The second kappa shape index (κ2) is 22.9. The van der Waals surface area contributed by atoms with E-state index in [0.29, 0.717) is 74.2 Å². The van der Waals surface area contributed by atoms with E-state index in [1.807, 2.05) is 34.6 Å². The Labute approximate surface area is 429 Å². The van der Waals surface area contributed by atoms with E-state index in [1.54, 1.807) is 23.6 Å². The first kappa shape index (κ1) is 55.2. The number of nitrogens with one attached hydrogen (secondary N) is 4. The number of nitrogens with zero attached hydrogens (tertiary/aromatic N) is 4. The summed E-state index contributed by atoms with van der Waals surface area (Å²) in [5.74, 6) is -3.83. The first-order valence-electron chi connectivity index (χ1n) is 25.4. The van der Waals surface area contributed by atoms with E-state index in [2.05, 4.69) is 26.2 Å². The Morgan fingerprint density at radius 2 is 1.65 bits per heavy atom. The van der Waals surface area contributed by atoms with Gasteiger partial charge in [-0.3, -0.25) is 43.4 Å². The molecule has 0 aliphatic carbocycles. The number of likely N-dealkylation sites (tertiary alicyclic amines) is 1. The third-order valence-corrected chi connectivity index (χ3v) is 14.0. The van der Waals surface area contributed by atoms with Gasteiger partial charge in [-0.05, 0) is 97.3 Å². The lowest BCUT2D eigenvalue weighted by Gasteiger charge is -2.33. The van der Waals surface area contributed by atoms with Gasteiger partial charge in [0.25, 0.3) is 17.4 Å². The molecule has 3 aromatic rings. The highest BCUT2D eigenvalue weighted by Gasteiger charge is 2.46. The Morgan fingerprint density at radius 3 is 2.32 bits per heavy atom. The zero-order chi connectivity index (χ0) is 53.7. The number of pyridine rings is 2. The highest BCUT2D eigenvalue weighted by molar-refractivity contribution is 6.12. The predicted molar refractivity (Wildman–Crippen MR) is 269 cm³/mol. The van der Waals surface area contributed by atoms with Crippen LogP contribution in [0, 0.1) is 5.82 Å². The van der Waals surface area contributed by atoms with Crippen LogP contribution in [0.3, 0.4) is 0 Å². The van der Waals surface area contributed by atoms with Gasteiger partial charge in [-0.2, -0.15) is 0 Å². The van der Waals surface area contributed by atoms with E-state index >= 15 is 4.39 Å². The van der Waals surface area contributed by atoms with Crippen molar-refractivity contribution in [1.82, 2.24) is 40.6 Å². The summed E-state index contributed by atoms with van der Waals surface area (Å²) >= 11 is 0. The summed E-state index contributed by atoms with van der Waals surface area (Å²) in [6, 6.07) is 3.33. The van der Waals surface area contributed by atoms with Crippen molar-refractivity contribution in [3.8, 4) is 17.1 Å². The number of amides is 6. The average molecular weight is 1030 g/mol. The molecule has 6 amide bonds. The number of benzene rings is 1. The van der Waals surface area contributed by atoms with Crippen LogP contribution >= 0.6 is 0 Å². The number of hydrogen-bond donors (Lipinski definition) is 5. The fourth-order valence-corrected chi connectivity index (χ4v) is 9.82. The predicted octanol–water partition coefficient (Wildman–Crippen LogP) is 3.27. The van der Waals surface area contributed by atoms with Gasteiger partial charge in [0, 0.05) is 105 Å². The molecular formula is C53H69FN8O12. The van der Waals surface area contributed by atoms with Gasteiger partial charge in [0.2, 0.25) is 23.6 Å². The monoisotopic (exact) mass is 1030 g/mol. The topological polar surface area (TPSA) is 257 Å². The minimum atomic E-state index is -2.00. The maximum atomic E-state index is 15.2. The molecule has 20 nitrogen and oxygen atoms in total. The van der Waals surface area contributed by atoms with Crippen LogP contribution in [-0.2, 0) is 68.3 Å². The zero-order valence-electron chi connectivity index (χ0n) is 43.4. The second-order valence-corrected chi connectivity index (χ2v) is 21.1. The van der Waals surface area contributed by atoms with Crippen molar-refractivity contribution in [2.75, 3.05) is 39.9 Å². The SMILES string of the molecule is CC[C@@]1(O)C(=O)OCc2c1cc1n(c2=O)Cc2c-1nc1cc(F)c(OC)cc1c2CN1CCC(NC(=O)CCCNC(=O)[C@H](CCC(=O)NC(C)(C)CCOC(C)(C)C)NC(=O)CCCN2C(=O)C=CC2=O)CC1. The van der Waals surface area contributed by atoms with Gasteiger partial charge in [0.15, 0.2) is 17.2 Å². The molecule has 0 bridgehead atoms. The molecule has 0 saturated carbocycles. The summed E-state index contributed by atoms with van der Waals surface area (Å²) in [6.45, 7) is 13.3. The molecule has 6 heterocycles. The number of ether oxygens (including phenoxy) is 3. The van der Waals surface area contributed by atoms with Gasteiger partial charge in [0.05, 0.1) is 41.7 Å². The molecule has 1 saturated heterocycles. The Balaban J connectivity index is 0.926. The molecule has 400 valence electrons. The number of imide groups is 1. The van der Waals surface area contributed by atoms with Gasteiger partial charge in [0.1, 0.15) is 12.6 Å². The molecule has 7 rings (SSSR count). The molecule has 0 spiro atoms.